The molecule has 1 aromatic carbocycles. The average Bonchev–Trinajstić information content (AvgIpc) is 2.54. The van der Waals surface area contributed by atoms with E-state index in [4.69, 9.17) is 5.73 Å². The lowest BCUT2D eigenvalue weighted by molar-refractivity contribution is 0.195. The minimum Gasteiger partial charge on any atom is -0.330 e. The van der Waals surface area contributed by atoms with Gasteiger partial charge in [0.25, 0.3) is 0 Å². The van der Waals surface area contributed by atoms with Crippen LogP contribution < -0.4 is 5.73 Å². The van der Waals surface area contributed by atoms with Crippen LogP contribution in [-0.4, -0.2) is 25.0 Å². The van der Waals surface area contributed by atoms with Gasteiger partial charge in [0.05, 0.1) is 0 Å². The molecule has 0 aromatic heterocycles. The van der Waals surface area contributed by atoms with Crippen LogP contribution in [0.3, 0.4) is 0 Å². The van der Waals surface area contributed by atoms with Crippen LogP contribution in [-0.2, 0) is 0 Å². The first-order chi connectivity index (χ1) is 8.65. The molecule has 2 heteroatoms. The Morgan fingerprint density at radius 2 is 2.06 bits per heavy atom. The van der Waals surface area contributed by atoms with Crippen LogP contribution in [0.2, 0.25) is 0 Å². The lowest BCUT2D eigenvalue weighted by atomic mass is 9.86. The average molecular weight is 246 g/mol. The van der Waals surface area contributed by atoms with Crippen molar-refractivity contribution >= 4 is 0 Å². The summed E-state index contributed by atoms with van der Waals surface area (Å²) in [5.74, 6) is 0.595. The van der Waals surface area contributed by atoms with E-state index >= 15 is 0 Å². The molecular weight excluding hydrogens is 220 g/mol. The Morgan fingerprint density at radius 1 is 1.28 bits per heavy atom. The Hall–Kier alpha value is -0.860. The van der Waals surface area contributed by atoms with Crippen LogP contribution in [0.4, 0.5) is 0 Å². The van der Waals surface area contributed by atoms with Crippen molar-refractivity contribution in [2.75, 3.05) is 20.1 Å². The van der Waals surface area contributed by atoms with E-state index in [1.807, 2.05) is 0 Å². The quantitative estimate of drug-likeness (QED) is 0.869. The molecule has 100 valence electrons. The first-order valence-electron chi connectivity index (χ1n) is 7.11. The Balaban J connectivity index is 2.39. The Bertz CT molecular complexity index is 400. The highest BCUT2D eigenvalue weighted by molar-refractivity contribution is 5.36. The van der Waals surface area contributed by atoms with Gasteiger partial charge in [0.15, 0.2) is 0 Å². The molecule has 0 bridgehead atoms. The van der Waals surface area contributed by atoms with Gasteiger partial charge in [0.1, 0.15) is 0 Å². The summed E-state index contributed by atoms with van der Waals surface area (Å²) in [5, 5.41) is 0. The Labute approximate surface area is 111 Å². The SMILES string of the molecule is Cc1cccc(C2C(CN)CCCCN2C)c1C. The van der Waals surface area contributed by atoms with Gasteiger partial charge in [-0.1, -0.05) is 24.6 Å². The molecule has 0 spiro atoms. The van der Waals surface area contributed by atoms with E-state index in [1.54, 1.807) is 0 Å². The van der Waals surface area contributed by atoms with Crippen molar-refractivity contribution in [3.63, 3.8) is 0 Å². The summed E-state index contributed by atoms with van der Waals surface area (Å²) in [6.45, 7) is 6.43. The van der Waals surface area contributed by atoms with Gasteiger partial charge in [0.2, 0.25) is 0 Å². The molecule has 1 aromatic rings. The number of aryl methyl sites for hydroxylation is 1. The van der Waals surface area contributed by atoms with Gasteiger partial charge in [-0.2, -0.15) is 0 Å². The van der Waals surface area contributed by atoms with Crippen molar-refractivity contribution < 1.29 is 0 Å². The van der Waals surface area contributed by atoms with Crippen molar-refractivity contribution in [3.8, 4) is 0 Å². The molecular formula is C16H26N2. The highest BCUT2D eigenvalue weighted by Crippen LogP contribution is 2.35. The summed E-state index contributed by atoms with van der Waals surface area (Å²) < 4.78 is 0. The topological polar surface area (TPSA) is 29.3 Å². The van der Waals surface area contributed by atoms with Gasteiger partial charge in [-0.25, -0.2) is 0 Å². The highest BCUT2D eigenvalue weighted by Gasteiger charge is 2.29. The maximum absolute atomic E-state index is 6.02. The van der Waals surface area contributed by atoms with Crippen molar-refractivity contribution in [1.29, 1.82) is 0 Å². The predicted octanol–water partition coefficient (Wildman–Crippen LogP) is 3.04. The van der Waals surface area contributed by atoms with Gasteiger partial charge in [0, 0.05) is 6.04 Å². The zero-order chi connectivity index (χ0) is 13.1. The number of nitrogens with zero attached hydrogens (tertiary/aromatic N) is 1. The van der Waals surface area contributed by atoms with Gasteiger partial charge < -0.3 is 5.73 Å². The summed E-state index contributed by atoms with van der Waals surface area (Å²) in [4.78, 5) is 2.51. The predicted molar refractivity (Wildman–Crippen MR) is 77.7 cm³/mol. The van der Waals surface area contributed by atoms with Crippen LogP contribution in [0, 0.1) is 19.8 Å². The first-order valence-corrected chi connectivity index (χ1v) is 7.11. The Kier molecular flexibility index (Phi) is 4.41. The summed E-state index contributed by atoms with van der Waals surface area (Å²) in [6.07, 6.45) is 3.88. The van der Waals surface area contributed by atoms with Crippen molar-refractivity contribution in [3.05, 3.63) is 34.9 Å². The van der Waals surface area contributed by atoms with Crippen molar-refractivity contribution in [2.24, 2.45) is 11.7 Å². The number of likely N-dealkylation sites (tertiary alicyclic amines) is 1. The number of nitrogens with two attached hydrogens (primary N) is 1. The second kappa shape index (κ2) is 5.85. The third-order valence-electron chi connectivity index (χ3n) is 4.53. The van der Waals surface area contributed by atoms with E-state index < -0.39 is 0 Å². The molecule has 0 aliphatic carbocycles. The Morgan fingerprint density at radius 3 is 2.78 bits per heavy atom. The zero-order valence-electron chi connectivity index (χ0n) is 11.9. The normalized spacial score (nSPS) is 26.0. The fourth-order valence-corrected chi connectivity index (χ4v) is 3.26. The standard InChI is InChI=1S/C16H26N2/c1-12-7-6-9-15(13(12)2)16-14(11-17)8-4-5-10-18(16)3/h6-7,9,14,16H,4-5,8,10-11,17H2,1-3H3. The molecule has 1 aliphatic heterocycles. The zero-order valence-corrected chi connectivity index (χ0v) is 11.9. The van der Waals surface area contributed by atoms with Crippen molar-refractivity contribution in [2.45, 2.75) is 39.2 Å². The summed E-state index contributed by atoms with van der Waals surface area (Å²) >= 11 is 0. The first kappa shape index (κ1) is 13.6. The maximum atomic E-state index is 6.02. The van der Waals surface area contributed by atoms with E-state index in [0.717, 1.165) is 6.54 Å². The minimum atomic E-state index is 0.498. The number of hydrogen-bond acceptors (Lipinski definition) is 2. The molecule has 1 saturated heterocycles. The molecule has 2 unspecified atom stereocenters. The largest absolute Gasteiger partial charge is 0.330 e. The van der Waals surface area contributed by atoms with E-state index in [-0.39, 0.29) is 0 Å². The number of benzene rings is 1. The van der Waals surface area contributed by atoms with Gasteiger partial charge in [-0.05, 0) is 69.4 Å². The molecule has 1 heterocycles. The molecule has 2 rings (SSSR count). The third-order valence-corrected chi connectivity index (χ3v) is 4.53. The van der Waals surface area contributed by atoms with E-state index in [0.29, 0.717) is 12.0 Å². The lowest BCUT2D eigenvalue weighted by Gasteiger charge is -2.33. The molecule has 0 radical (unpaired) electrons. The van der Waals surface area contributed by atoms with Crippen molar-refractivity contribution in [1.82, 2.24) is 4.90 Å². The van der Waals surface area contributed by atoms with Crippen LogP contribution in [0.5, 0.6) is 0 Å². The minimum absolute atomic E-state index is 0.498. The van der Waals surface area contributed by atoms with Gasteiger partial charge in [-0.3, -0.25) is 4.90 Å². The second-order valence-electron chi connectivity index (χ2n) is 5.71. The van der Waals surface area contributed by atoms with Crippen LogP contribution in [0.15, 0.2) is 18.2 Å². The lowest BCUT2D eigenvalue weighted by Crippen LogP contribution is -2.33. The smallest absolute Gasteiger partial charge is 0.0387 e. The van der Waals surface area contributed by atoms with E-state index in [2.05, 4.69) is 44.0 Å². The summed E-state index contributed by atoms with van der Waals surface area (Å²) in [5.41, 5.74) is 10.3. The van der Waals surface area contributed by atoms with E-state index in [1.165, 1.54) is 42.5 Å². The highest BCUT2D eigenvalue weighted by atomic mass is 15.1. The second-order valence-corrected chi connectivity index (χ2v) is 5.71. The molecule has 1 fully saturated rings. The van der Waals surface area contributed by atoms with E-state index in [9.17, 15) is 0 Å². The van der Waals surface area contributed by atoms with Gasteiger partial charge >= 0.3 is 0 Å². The summed E-state index contributed by atoms with van der Waals surface area (Å²) in [6, 6.07) is 7.17. The fourth-order valence-electron chi connectivity index (χ4n) is 3.26. The molecule has 2 atom stereocenters. The van der Waals surface area contributed by atoms with Crippen LogP contribution in [0.25, 0.3) is 0 Å². The maximum Gasteiger partial charge on any atom is 0.0387 e. The number of rotatable bonds is 2. The fraction of sp³-hybridized carbons (Fsp3) is 0.625. The monoisotopic (exact) mass is 246 g/mol. The van der Waals surface area contributed by atoms with Gasteiger partial charge in [-0.15, -0.1) is 0 Å². The summed E-state index contributed by atoms with van der Waals surface area (Å²) in [7, 11) is 2.25. The molecule has 18 heavy (non-hydrogen) atoms. The molecule has 2 N–H and O–H groups in total. The molecule has 0 saturated carbocycles. The molecule has 0 amide bonds. The third kappa shape index (κ3) is 2.60. The number of hydrogen-bond donors (Lipinski definition) is 1. The molecule has 1 aliphatic rings. The van der Waals surface area contributed by atoms with Crippen LogP contribution in [0.1, 0.15) is 42.0 Å². The molecule has 2 nitrogen and oxygen atoms in total. The van der Waals surface area contributed by atoms with Crippen LogP contribution >= 0.6 is 0 Å².